The van der Waals surface area contributed by atoms with Gasteiger partial charge in [-0.2, -0.15) is 18.2 Å². The number of hydrogen-bond acceptors (Lipinski definition) is 5. The molecule has 8 heteroatoms. The lowest BCUT2D eigenvalue weighted by Crippen LogP contribution is -2.14. The van der Waals surface area contributed by atoms with E-state index in [-0.39, 0.29) is 12.1 Å². The minimum atomic E-state index is -4.44. The highest BCUT2D eigenvalue weighted by atomic mass is 19.4. The van der Waals surface area contributed by atoms with Gasteiger partial charge in [-0.3, -0.25) is 4.98 Å². The first kappa shape index (κ1) is 16.0. The number of aromatic nitrogens is 2. The summed E-state index contributed by atoms with van der Waals surface area (Å²) >= 11 is 0. The van der Waals surface area contributed by atoms with Crippen LogP contribution in [0.1, 0.15) is 17.2 Å². The van der Waals surface area contributed by atoms with Gasteiger partial charge in [-0.25, -0.2) is 0 Å². The Balaban J connectivity index is 2.04. The molecule has 2 N–H and O–H groups in total. The van der Waals surface area contributed by atoms with E-state index in [9.17, 15) is 18.3 Å². The van der Waals surface area contributed by atoms with E-state index in [4.69, 9.17) is 4.74 Å². The van der Waals surface area contributed by atoms with Crippen LogP contribution < -0.4 is 10.1 Å². The number of methoxy groups -OCH3 is 1. The van der Waals surface area contributed by atoms with E-state index in [2.05, 4.69) is 15.3 Å². The topological polar surface area (TPSA) is 67.3 Å². The standard InChI is InChI=1S/C14H14F3N3O2/c1-22-13-8-18-7-12(20-13)19-6-11(21)9-3-2-4-10(5-9)14(15,16)17/h2-5,7-8,11,21H,6H2,1H3,(H,19,20). The number of ether oxygens (including phenoxy) is 1. The molecule has 0 aliphatic carbocycles. The van der Waals surface area contributed by atoms with Crippen molar-refractivity contribution < 1.29 is 23.0 Å². The average Bonchev–Trinajstić information content (AvgIpc) is 2.52. The van der Waals surface area contributed by atoms with Gasteiger partial charge in [-0.1, -0.05) is 12.1 Å². The Bertz CT molecular complexity index is 635. The van der Waals surface area contributed by atoms with Crippen molar-refractivity contribution in [3.63, 3.8) is 0 Å². The Labute approximate surface area is 124 Å². The Morgan fingerprint density at radius 1 is 1.32 bits per heavy atom. The maximum Gasteiger partial charge on any atom is 0.416 e. The lowest BCUT2D eigenvalue weighted by atomic mass is 10.1. The molecule has 22 heavy (non-hydrogen) atoms. The first-order valence-corrected chi connectivity index (χ1v) is 6.35. The molecule has 0 spiro atoms. The predicted octanol–water partition coefficient (Wildman–Crippen LogP) is 2.65. The molecule has 118 valence electrons. The molecule has 0 saturated heterocycles. The second kappa shape index (κ2) is 6.61. The first-order valence-electron chi connectivity index (χ1n) is 6.35. The summed E-state index contributed by atoms with van der Waals surface area (Å²) in [6, 6.07) is 4.56. The molecule has 2 rings (SSSR count). The second-order valence-corrected chi connectivity index (χ2v) is 4.47. The zero-order valence-electron chi connectivity index (χ0n) is 11.6. The third-order valence-electron chi connectivity index (χ3n) is 2.90. The molecule has 0 saturated carbocycles. The summed E-state index contributed by atoms with van der Waals surface area (Å²) in [7, 11) is 1.44. The normalized spacial score (nSPS) is 12.8. The number of nitrogens with one attached hydrogen (secondary N) is 1. The van der Waals surface area contributed by atoms with Gasteiger partial charge in [-0.05, 0) is 17.7 Å². The van der Waals surface area contributed by atoms with Gasteiger partial charge in [0.05, 0.1) is 31.2 Å². The monoisotopic (exact) mass is 313 g/mol. The molecular weight excluding hydrogens is 299 g/mol. The average molecular weight is 313 g/mol. The van der Waals surface area contributed by atoms with Crippen LogP contribution in [0.3, 0.4) is 0 Å². The number of nitrogens with zero attached hydrogens (tertiary/aromatic N) is 2. The Morgan fingerprint density at radius 2 is 2.09 bits per heavy atom. The number of aliphatic hydroxyl groups excluding tert-OH is 1. The van der Waals surface area contributed by atoms with Crippen LogP contribution in [0.5, 0.6) is 5.88 Å². The summed E-state index contributed by atoms with van der Waals surface area (Å²) in [5.74, 6) is 0.643. The summed E-state index contributed by atoms with van der Waals surface area (Å²) in [6.45, 7) is -0.0108. The summed E-state index contributed by atoms with van der Waals surface area (Å²) < 4.78 is 42.8. The van der Waals surface area contributed by atoms with Crippen LogP contribution in [-0.2, 0) is 6.18 Å². The summed E-state index contributed by atoms with van der Waals surface area (Å²) in [5, 5.41) is 12.8. The van der Waals surface area contributed by atoms with Crippen LogP contribution in [-0.4, -0.2) is 28.7 Å². The third kappa shape index (κ3) is 4.08. The van der Waals surface area contributed by atoms with Crippen molar-refractivity contribution in [1.29, 1.82) is 0 Å². The van der Waals surface area contributed by atoms with Gasteiger partial charge in [0.25, 0.3) is 0 Å². The second-order valence-electron chi connectivity index (χ2n) is 4.47. The molecule has 0 amide bonds. The fourth-order valence-electron chi connectivity index (χ4n) is 1.77. The van der Waals surface area contributed by atoms with Crippen LogP contribution in [0, 0.1) is 0 Å². The number of anilines is 1. The van der Waals surface area contributed by atoms with Crippen LogP contribution in [0.25, 0.3) is 0 Å². The maximum absolute atomic E-state index is 12.6. The predicted molar refractivity (Wildman–Crippen MR) is 73.5 cm³/mol. The molecule has 1 unspecified atom stereocenters. The molecule has 1 aromatic heterocycles. The highest BCUT2D eigenvalue weighted by Gasteiger charge is 2.30. The van der Waals surface area contributed by atoms with E-state index >= 15 is 0 Å². The van der Waals surface area contributed by atoms with Crippen molar-refractivity contribution in [1.82, 2.24) is 9.97 Å². The number of halogens is 3. The first-order chi connectivity index (χ1) is 10.4. The quantitative estimate of drug-likeness (QED) is 0.888. The maximum atomic E-state index is 12.6. The number of alkyl halides is 3. The Morgan fingerprint density at radius 3 is 2.77 bits per heavy atom. The van der Waals surface area contributed by atoms with Crippen molar-refractivity contribution in [2.45, 2.75) is 12.3 Å². The van der Waals surface area contributed by atoms with E-state index in [0.717, 1.165) is 12.1 Å². The fraction of sp³-hybridized carbons (Fsp3) is 0.286. The molecule has 1 atom stereocenters. The number of benzene rings is 1. The summed E-state index contributed by atoms with van der Waals surface area (Å²) in [6.07, 6.45) is -2.73. The van der Waals surface area contributed by atoms with Crippen molar-refractivity contribution in [2.75, 3.05) is 19.0 Å². The van der Waals surface area contributed by atoms with E-state index in [1.807, 2.05) is 0 Å². The molecule has 2 aromatic rings. The third-order valence-corrected chi connectivity index (χ3v) is 2.90. The molecule has 0 radical (unpaired) electrons. The van der Waals surface area contributed by atoms with Crippen LogP contribution >= 0.6 is 0 Å². The highest BCUT2D eigenvalue weighted by Crippen LogP contribution is 2.30. The van der Waals surface area contributed by atoms with Crippen molar-refractivity contribution in [2.24, 2.45) is 0 Å². The number of aliphatic hydroxyl groups is 1. The van der Waals surface area contributed by atoms with E-state index < -0.39 is 17.8 Å². The molecule has 0 aliphatic rings. The highest BCUT2D eigenvalue weighted by molar-refractivity contribution is 5.34. The molecule has 1 heterocycles. The van der Waals surface area contributed by atoms with E-state index in [1.54, 1.807) is 0 Å². The molecular formula is C14H14F3N3O2. The van der Waals surface area contributed by atoms with Crippen molar-refractivity contribution >= 4 is 5.82 Å². The smallest absolute Gasteiger partial charge is 0.416 e. The van der Waals surface area contributed by atoms with Crippen LogP contribution in [0.2, 0.25) is 0 Å². The van der Waals surface area contributed by atoms with Gasteiger partial charge in [0, 0.05) is 6.54 Å². The lowest BCUT2D eigenvalue weighted by molar-refractivity contribution is -0.137. The van der Waals surface area contributed by atoms with E-state index in [1.165, 1.54) is 31.6 Å². The Kier molecular flexibility index (Phi) is 4.81. The largest absolute Gasteiger partial charge is 0.480 e. The van der Waals surface area contributed by atoms with Crippen molar-refractivity contribution in [3.05, 3.63) is 47.8 Å². The number of hydrogen-bond donors (Lipinski definition) is 2. The van der Waals surface area contributed by atoms with Gasteiger partial charge in [0.1, 0.15) is 5.82 Å². The van der Waals surface area contributed by atoms with Gasteiger partial charge in [0.15, 0.2) is 0 Å². The minimum Gasteiger partial charge on any atom is -0.480 e. The SMILES string of the molecule is COc1cncc(NCC(O)c2cccc(C(F)(F)F)c2)n1. The molecule has 1 aromatic carbocycles. The van der Waals surface area contributed by atoms with Gasteiger partial charge in [-0.15, -0.1) is 0 Å². The summed E-state index contributed by atoms with van der Waals surface area (Å²) in [5.41, 5.74) is -0.636. The van der Waals surface area contributed by atoms with Gasteiger partial charge < -0.3 is 15.2 Å². The zero-order chi connectivity index (χ0) is 16.2. The minimum absolute atomic E-state index is 0.0108. The molecule has 5 nitrogen and oxygen atoms in total. The van der Waals surface area contributed by atoms with E-state index in [0.29, 0.717) is 11.7 Å². The van der Waals surface area contributed by atoms with Crippen LogP contribution in [0.15, 0.2) is 36.7 Å². The molecule has 0 fully saturated rings. The molecule has 0 bridgehead atoms. The molecule has 0 aliphatic heterocycles. The lowest BCUT2D eigenvalue weighted by Gasteiger charge is -2.14. The number of rotatable bonds is 5. The van der Waals surface area contributed by atoms with Gasteiger partial charge in [0.2, 0.25) is 5.88 Å². The van der Waals surface area contributed by atoms with Crippen LogP contribution in [0.4, 0.5) is 19.0 Å². The summed E-state index contributed by atoms with van der Waals surface area (Å²) in [4.78, 5) is 7.90. The van der Waals surface area contributed by atoms with Gasteiger partial charge >= 0.3 is 6.18 Å². The zero-order valence-corrected chi connectivity index (χ0v) is 11.6. The Hall–Kier alpha value is -2.35. The fourth-order valence-corrected chi connectivity index (χ4v) is 1.77. The van der Waals surface area contributed by atoms with Crippen molar-refractivity contribution in [3.8, 4) is 5.88 Å².